The van der Waals surface area contributed by atoms with Gasteiger partial charge in [0.15, 0.2) is 0 Å². The Bertz CT molecular complexity index is 423. The molecule has 1 nitrogen and oxygen atoms in total. The minimum absolute atomic E-state index is 0.177. The van der Waals surface area contributed by atoms with Gasteiger partial charge in [0.25, 0.3) is 0 Å². The van der Waals surface area contributed by atoms with Crippen LogP contribution in [0.4, 0.5) is 0 Å². The smallest absolute Gasteiger partial charge is 0.0674 e. The molecule has 104 valence electrons. The maximum absolute atomic E-state index is 6.36. The monoisotopic (exact) mass is 278 g/mol. The molecule has 1 heterocycles. The average Bonchev–Trinajstić information content (AvgIpc) is 3.21. The standard InChI is InChI=1S/C17H23ClO/c1-2-13-3-5-14(6-4-13)11-17(12-18)9-10-19-16(17)15-7-8-15/h3-6,15-16H,2,7-12H2,1H3. The molecule has 19 heavy (non-hydrogen) atoms. The number of alkyl halides is 1. The molecule has 0 amide bonds. The molecule has 2 unspecified atom stereocenters. The highest BCUT2D eigenvalue weighted by Crippen LogP contribution is 2.50. The van der Waals surface area contributed by atoms with Crippen LogP contribution in [0.3, 0.4) is 0 Å². The Morgan fingerprint density at radius 3 is 2.47 bits per heavy atom. The summed E-state index contributed by atoms with van der Waals surface area (Å²) in [5, 5.41) is 0. The summed E-state index contributed by atoms with van der Waals surface area (Å²) >= 11 is 6.36. The quantitative estimate of drug-likeness (QED) is 0.733. The van der Waals surface area contributed by atoms with Crippen molar-refractivity contribution in [3.63, 3.8) is 0 Å². The topological polar surface area (TPSA) is 9.23 Å². The molecule has 0 bridgehead atoms. The lowest BCUT2D eigenvalue weighted by molar-refractivity contribution is 0.0403. The molecule has 1 saturated heterocycles. The van der Waals surface area contributed by atoms with Gasteiger partial charge in [-0.25, -0.2) is 0 Å². The molecule has 1 aromatic rings. The van der Waals surface area contributed by atoms with E-state index in [1.807, 2.05) is 0 Å². The Labute approximate surface area is 121 Å². The van der Waals surface area contributed by atoms with Crippen molar-refractivity contribution in [3.8, 4) is 0 Å². The third-order valence-corrected chi connectivity index (χ3v) is 5.34. The molecule has 3 rings (SSSR count). The number of hydrogen-bond acceptors (Lipinski definition) is 1. The summed E-state index contributed by atoms with van der Waals surface area (Å²) in [6, 6.07) is 9.04. The highest BCUT2D eigenvalue weighted by atomic mass is 35.5. The van der Waals surface area contributed by atoms with Crippen LogP contribution >= 0.6 is 11.6 Å². The van der Waals surface area contributed by atoms with Gasteiger partial charge in [-0.15, -0.1) is 11.6 Å². The van der Waals surface area contributed by atoms with Gasteiger partial charge in [0, 0.05) is 17.9 Å². The van der Waals surface area contributed by atoms with Crippen LogP contribution in [0.5, 0.6) is 0 Å². The lowest BCUT2D eigenvalue weighted by Gasteiger charge is -2.32. The summed E-state index contributed by atoms with van der Waals surface area (Å²) in [6.45, 7) is 3.09. The van der Waals surface area contributed by atoms with Gasteiger partial charge in [0.05, 0.1) is 6.10 Å². The number of ether oxygens (including phenoxy) is 1. The van der Waals surface area contributed by atoms with E-state index < -0.39 is 0 Å². The average molecular weight is 279 g/mol. The van der Waals surface area contributed by atoms with Crippen molar-refractivity contribution in [1.82, 2.24) is 0 Å². The summed E-state index contributed by atoms with van der Waals surface area (Å²) in [7, 11) is 0. The Kier molecular flexibility index (Phi) is 3.86. The van der Waals surface area contributed by atoms with Crippen LogP contribution in [-0.2, 0) is 17.6 Å². The van der Waals surface area contributed by atoms with Gasteiger partial charge in [-0.2, -0.15) is 0 Å². The lowest BCUT2D eigenvalue weighted by Crippen LogP contribution is -2.36. The Morgan fingerprint density at radius 2 is 1.89 bits per heavy atom. The molecule has 2 aliphatic rings. The lowest BCUT2D eigenvalue weighted by atomic mass is 9.75. The minimum Gasteiger partial charge on any atom is -0.377 e. The van der Waals surface area contributed by atoms with Crippen molar-refractivity contribution >= 4 is 11.6 Å². The second-order valence-corrected chi connectivity index (χ2v) is 6.49. The van der Waals surface area contributed by atoms with Gasteiger partial charge in [0.2, 0.25) is 0 Å². The van der Waals surface area contributed by atoms with Crippen LogP contribution in [0.15, 0.2) is 24.3 Å². The van der Waals surface area contributed by atoms with E-state index in [2.05, 4.69) is 31.2 Å². The number of rotatable bonds is 5. The van der Waals surface area contributed by atoms with Crippen LogP contribution in [0.1, 0.15) is 37.3 Å². The maximum Gasteiger partial charge on any atom is 0.0674 e. The maximum atomic E-state index is 6.36. The molecular weight excluding hydrogens is 256 g/mol. The highest BCUT2D eigenvalue weighted by molar-refractivity contribution is 6.18. The summed E-state index contributed by atoms with van der Waals surface area (Å²) in [5.74, 6) is 1.50. The van der Waals surface area contributed by atoms with E-state index >= 15 is 0 Å². The zero-order chi connectivity index (χ0) is 13.3. The van der Waals surface area contributed by atoms with Crippen LogP contribution in [0.2, 0.25) is 0 Å². The second kappa shape index (κ2) is 5.46. The zero-order valence-corrected chi connectivity index (χ0v) is 12.5. The Balaban J connectivity index is 1.77. The van der Waals surface area contributed by atoms with Crippen molar-refractivity contribution in [2.45, 2.75) is 45.1 Å². The first-order valence-corrected chi connectivity index (χ1v) is 8.06. The molecule has 2 fully saturated rings. The molecule has 1 aromatic carbocycles. The van der Waals surface area contributed by atoms with Gasteiger partial charge in [-0.05, 0) is 49.1 Å². The first-order chi connectivity index (χ1) is 9.27. The molecule has 1 aliphatic carbocycles. The van der Waals surface area contributed by atoms with Gasteiger partial charge in [-0.3, -0.25) is 0 Å². The molecular formula is C17H23ClO. The zero-order valence-electron chi connectivity index (χ0n) is 11.7. The largest absolute Gasteiger partial charge is 0.377 e. The summed E-state index contributed by atoms with van der Waals surface area (Å²) in [6.07, 6.45) is 6.36. The summed E-state index contributed by atoms with van der Waals surface area (Å²) in [4.78, 5) is 0. The summed E-state index contributed by atoms with van der Waals surface area (Å²) in [5.41, 5.74) is 3.00. The van der Waals surface area contributed by atoms with Crippen molar-refractivity contribution < 1.29 is 4.74 Å². The fraction of sp³-hybridized carbons (Fsp3) is 0.647. The Morgan fingerprint density at radius 1 is 1.21 bits per heavy atom. The van der Waals surface area contributed by atoms with Crippen molar-refractivity contribution in [3.05, 3.63) is 35.4 Å². The molecule has 0 radical (unpaired) electrons. The molecule has 2 heteroatoms. The molecule has 0 N–H and O–H groups in total. The minimum atomic E-state index is 0.177. The molecule has 0 spiro atoms. The van der Waals surface area contributed by atoms with Crippen LogP contribution in [-0.4, -0.2) is 18.6 Å². The fourth-order valence-electron chi connectivity index (χ4n) is 3.42. The fourth-order valence-corrected chi connectivity index (χ4v) is 3.80. The molecule has 1 aliphatic heterocycles. The summed E-state index contributed by atoms with van der Waals surface area (Å²) < 4.78 is 6.02. The molecule has 1 saturated carbocycles. The van der Waals surface area contributed by atoms with Crippen molar-refractivity contribution in [2.75, 3.05) is 12.5 Å². The van der Waals surface area contributed by atoms with E-state index in [1.165, 1.54) is 24.0 Å². The predicted molar refractivity (Wildman–Crippen MR) is 79.8 cm³/mol. The van der Waals surface area contributed by atoms with Crippen LogP contribution in [0, 0.1) is 11.3 Å². The van der Waals surface area contributed by atoms with E-state index in [9.17, 15) is 0 Å². The highest BCUT2D eigenvalue weighted by Gasteiger charge is 2.50. The Hall–Kier alpha value is -0.530. The first-order valence-electron chi connectivity index (χ1n) is 7.53. The van der Waals surface area contributed by atoms with E-state index in [4.69, 9.17) is 16.3 Å². The van der Waals surface area contributed by atoms with Gasteiger partial charge < -0.3 is 4.74 Å². The third kappa shape index (κ3) is 2.68. The van der Waals surface area contributed by atoms with E-state index in [0.717, 1.165) is 37.7 Å². The second-order valence-electron chi connectivity index (χ2n) is 6.22. The molecule has 0 aromatic heterocycles. The van der Waals surface area contributed by atoms with Gasteiger partial charge in [-0.1, -0.05) is 31.2 Å². The first kappa shape index (κ1) is 13.5. The number of aryl methyl sites for hydroxylation is 1. The van der Waals surface area contributed by atoms with E-state index in [0.29, 0.717) is 6.10 Å². The third-order valence-electron chi connectivity index (χ3n) is 4.80. The SMILES string of the molecule is CCc1ccc(CC2(CCl)CCOC2C2CC2)cc1. The van der Waals surface area contributed by atoms with Crippen molar-refractivity contribution in [1.29, 1.82) is 0 Å². The predicted octanol–water partition coefficient (Wildman–Crippen LogP) is 4.22. The van der Waals surface area contributed by atoms with Gasteiger partial charge >= 0.3 is 0 Å². The van der Waals surface area contributed by atoms with Gasteiger partial charge in [0.1, 0.15) is 0 Å². The normalized spacial score (nSPS) is 30.7. The van der Waals surface area contributed by atoms with E-state index in [-0.39, 0.29) is 5.41 Å². The number of halogens is 1. The van der Waals surface area contributed by atoms with Crippen molar-refractivity contribution in [2.24, 2.45) is 11.3 Å². The molecule has 2 atom stereocenters. The number of hydrogen-bond donors (Lipinski definition) is 0. The van der Waals surface area contributed by atoms with Crippen LogP contribution in [0.25, 0.3) is 0 Å². The number of benzene rings is 1. The van der Waals surface area contributed by atoms with E-state index in [1.54, 1.807) is 0 Å². The van der Waals surface area contributed by atoms with Crippen LogP contribution < -0.4 is 0 Å².